The van der Waals surface area contributed by atoms with Crippen LogP contribution in [0, 0.1) is 5.92 Å². The van der Waals surface area contributed by atoms with Crippen LogP contribution in [0.25, 0.3) is 0 Å². The number of hydrogen-bond acceptors (Lipinski definition) is 4. The number of carbonyl (C=O) groups is 2. The van der Waals surface area contributed by atoms with E-state index in [-0.39, 0.29) is 35.6 Å². The number of carbonyl (C=O) groups excluding carboxylic acids is 1. The van der Waals surface area contributed by atoms with Gasteiger partial charge in [-0.3, -0.25) is 0 Å². The second-order valence-corrected chi connectivity index (χ2v) is 5.10. The highest BCUT2D eigenvalue weighted by Gasteiger charge is 2.23. The monoisotopic (exact) mass is 294 g/mol. The van der Waals surface area contributed by atoms with E-state index in [1.54, 1.807) is 4.90 Å². The summed E-state index contributed by atoms with van der Waals surface area (Å²) in [6, 6.07) is 3.38. The molecule has 7 nitrogen and oxygen atoms in total. The van der Waals surface area contributed by atoms with Crippen LogP contribution >= 0.6 is 0 Å². The Morgan fingerprint density at radius 2 is 2.14 bits per heavy atom. The van der Waals surface area contributed by atoms with Crippen LogP contribution in [-0.2, 0) is 0 Å². The highest BCUT2D eigenvalue weighted by atomic mass is 16.4. The first-order valence-corrected chi connectivity index (χ1v) is 6.74. The van der Waals surface area contributed by atoms with Crippen LogP contribution in [0.2, 0.25) is 0 Å². The van der Waals surface area contributed by atoms with Crippen molar-refractivity contribution in [2.75, 3.05) is 25.0 Å². The predicted molar refractivity (Wildman–Crippen MR) is 75.5 cm³/mol. The van der Waals surface area contributed by atoms with Gasteiger partial charge in [0.05, 0.1) is 11.3 Å². The Hall–Kier alpha value is -2.28. The molecular weight excluding hydrogens is 276 g/mol. The van der Waals surface area contributed by atoms with E-state index in [4.69, 9.17) is 10.2 Å². The Labute approximate surface area is 121 Å². The number of nitrogens with zero attached hydrogens (tertiary/aromatic N) is 1. The molecule has 0 aliphatic carbocycles. The average Bonchev–Trinajstić information content (AvgIpc) is 2.49. The second-order valence-electron chi connectivity index (χ2n) is 5.10. The van der Waals surface area contributed by atoms with Gasteiger partial charge in [-0.2, -0.15) is 0 Å². The Bertz CT molecular complexity index is 546. The number of urea groups is 1. The van der Waals surface area contributed by atoms with Gasteiger partial charge in [0.25, 0.3) is 0 Å². The molecule has 1 aromatic rings. The number of carboxylic acid groups (broad SMARTS) is 1. The lowest BCUT2D eigenvalue weighted by atomic mass is 9.99. The third kappa shape index (κ3) is 3.63. The number of benzene rings is 1. The molecule has 4 N–H and O–H groups in total. The summed E-state index contributed by atoms with van der Waals surface area (Å²) in [4.78, 5) is 24.5. The fraction of sp³-hybridized carbons (Fsp3) is 0.429. The predicted octanol–water partition coefficient (Wildman–Crippen LogP) is 1.33. The van der Waals surface area contributed by atoms with E-state index in [2.05, 4.69) is 5.32 Å². The number of nitrogens with one attached hydrogen (secondary N) is 1. The quantitative estimate of drug-likeness (QED) is 0.629. The van der Waals surface area contributed by atoms with E-state index in [1.165, 1.54) is 12.1 Å². The lowest BCUT2D eigenvalue weighted by Crippen LogP contribution is -2.43. The number of aromatic hydroxyl groups is 1. The number of aliphatic hydroxyl groups excluding tert-OH is 1. The molecule has 1 fully saturated rings. The van der Waals surface area contributed by atoms with Gasteiger partial charge in [0, 0.05) is 19.7 Å². The average molecular weight is 294 g/mol. The molecule has 2 amide bonds. The molecule has 7 heteroatoms. The van der Waals surface area contributed by atoms with Crippen molar-refractivity contribution < 1.29 is 24.9 Å². The molecule has 0 radical (unpaired) electrons. The third-order valence-electron chi connectivity index (χ3n) is 3.55. The molecule has 0 spiro atoms. The summed E-state index contributed by atoms with van der Waals surface area (Å²) < 4.78 is 0. The molecule has 0 bridgehead atoms. The lowest BCUT2D eigenvalue weighted by molar-refractivity contribution is 0.0696. The topological polar surface area (TPSA) is 110 Å². The fourth-order valence-corrected chi connectivity index (χ4v) is 2.36. The van der Waals surface area contributed by atoms with Gasteiger partial charge in [-0.15, -0.1) is 0 Å². The molecule has 1 saturated heterocycles. The second kappa shape index (κ2) is 6.45. The molecule has 0 saturated carbocycles. The number of rotatable bonds is 3. The minimum absolute atomic E-state index is 0.0440. The van der Waals surface area contributed by atoms with Crippen LogP contribution in [0.4, 0.5) is 10.5 Å². The number of anilines is 1. The summed E-state index contributed by atoms with van der Waals surface area (Å²) >= 11 is 0. The minimum atomic E-state index is -1.15. The molecule has 0 aromatic heterocycles. The van der Waals surface area contributed by atoms with E-state index in [9.17, 15) is 14.7 Å². The summed E-state index contributed by atoms with van der Waals surface area (Å²) in [6.07, 6.45) is 1.71. The number of piperidine rings is 1. The third-order valence-corrected chi connectivity index (χ3v) is 3.55. The largest absolute Gasteiger partial charge is 0.506 e. The first-order chi connectivity index (χ1) is 10.0. The first-order valence-electron chi connectivity index (χ1n) is 6.74. The van der Waals surface area contributed by atoms with Gasteiger partial charge in [-0.25, -0.2) is 9.59 Å². The smallest absolute Gasteiger partial charge is 0.335 e. The van der Waals surface area contributed by atoms with Gasteiger partial charge >= 0.3 is 12.0 Å². The highest BCUT2D eigenvalue weighted by molar-refractivity contribution is 5.93. The van der Waals surface area contributed by atoms with Gasteiger partial charge < -0.3 is 25.5 Å². The minimum Gasteiger partial charge on any atom is -0.506 e. The van der Waals surface area contributed by atoms with Gasteiger partial charge in [0.1, 0.15) is 5.75 Å². The van der Waals surface area contributed by atoms with Crippen LogP contribution in [0.15, 0.2) is 18.2 Å². The standard InChI is InChI=1S/C14H18N2O5/c17-8-9-2-1-5-16(7-9)14(21)15-11-4-3-10(13(19)20)6-12(11)18/h3-4,6,9,17-18H,1-2,5,7-8H2,(H,15,21)(H,19,20). The summed E-state index contributed by atoms with van der Waals surface area (Å²) in [5.74, 6) is -1.36. The maximum Gasteiger partial charge on any atom is 0.335 e. The SMILES string of the molecule is O=C(O)c1ccc(NC(=O)N2CCCC(CO)C2)c(O)c1. The van der Waals surface area contributed by atoms with E-state index in [0.717, 1.165) is 18.9 Å². The Morgan fingerprint density at radius 3 is 2.76 bits per heavy atom. The maximum absolute atomic E-state index is 12.1. The number of carboxylic acids is 1. The van der Waals surface area contributed by atoms with Gasteiger partial charge in [-0.05, 0) is 37.0 Å². The van der Waals surface area contributed by atoms with Crippen molar-refractivity contribution in [3.63, 3.8) is 0 Å². The molecule has 114 valence electrons. The van der Waals surface area contributed by atoms with Crippen molar-refractivity contribution in [2.24, 2.45) is 5.92 Å². The lowest BCUT2D eigenvalue weighted by Gasteiger charge is -2.31. The van der Waals surface area contributed by atoms with Crippen LogP contribution in [0.5, 0.6) is 5.75 Å². The van der Waals surface area contributed by atoms with Gasteiger partial charge in [-0.1, -0.05) is 0 Å². The van der Waals surface area contributed by atoms with Crippen molar-refractivity contribution in [1.82, 2.24) is 4.90 Å². The normalized spacial score (nSPS) is 18.3. The van der Waals surface area contributed by atoms with Gasteiger partial charge in [0.15, 0.2) is 0 Å². The highest BCUT2D eigenvalue weighted by Crippen LogP contribution is 2.25. The van der Waals surface area contributed by atoms with E-state index >= 15 is 0 Å². The van der Waals surface area contributed by atoms with Crippen molar-refractivity contribution in [3.8, 4) is 5.75 Å². The summed E-state index contributed by atoms with van der Waals surface area (Å²) in [7, 11) is 0. The molecule has 1 aliphatic heterocycles. The molecule has 1 aliphatic rings. The molecule has 1 heterocycles. The van der Waals surface area contributed by atoms with Gasteiger partial charge in [0.2, 0.25) is 0 Å². The summed E-state index contributed by atoms with van der Waals surface area (Å²) in [5.41, 5.74) is 0.111. The Balaban J connectivity index is 2.04. The Morgan fingerprint density at radius 1 is 1.38 bits per heavy atom. The molecular formula is C14H18N2O5. The first kappa shape index (κ1) is 15.1. The number of phenols is 1. The van der Waals surface area contributed by atoms with Crippen molar-refractivity contribution >= 4 is 17.7 Å². The number of aliphatic hydroxyl groups is 1. The summed E-state index contributed by atoms with van der Waals surface area (Å²) in [6.45, 7) is 1.11. The Kier molecular flexibility index (Phi) is 4.64. The zero-order valence-corrected chi connectivity index (χ0v) is 11.5. The zero-order valence-electron chi connectivity index (χ0n) is 11.5. The fourth-order valence-electron chi connectivity index (χ4n) is 2.36. The van der Waals surface area contributed by atoms with E-state index in [0.29, 0.717) is 13.1 Å². The number of phenolic OH excluding ortho intramolecular Hbond substituents is 1. The van der Waals surface area contributed by atoms with Crippen LogP contribution in [0.1, 0.15) is 23.2 Å². The van der Waals surface area contributed by atoms with E-state index in [1.807, 2.05) is 0 Å². The molecule has 2 rings (SSSR count). The van der Waals surface area contributed by atoms with Crippen molar-refractivity contribution in [3.05, 3.63) is 23.8 Å². The van der Waals surface area contributed by atoms with Crippen molar-refractivity contribution in [1.29, 1.82) is 0 Å². The van der Waals surface area contributed by atoms with Crippen molar-refractivity contribution in [2.45, 2.75) is 12.8 Å². The van der Waals surface area contributed by atoms with Crippen LogP contribution in [0.3, 0.4) is 0 Å². The maximum atomic E-state index is 12.1. The number of likely N-dealkylation sites (tertiary alicyclic amines) is 1. The molecule has 1 atom stereocenters. The molecule has 1 aromatic carbocycles. The number of aromatic carboxylic acids is 1. The zero-order chi connectivity index (χ0) is 15.4. The summed E-state index contributed by atoms with van der Waals surface area (Å²) in [5, 5.41) is 30.3. The van der Waals surface area contributed by atoms with E-state index < -0.39 is 5.97 Å². The molecule has 21 heavy (non-hydrogen) atoms. The molecule has 1 unspecified atom stereocenters. The number of hydrogen-bond donors (Lipinski definition) is 4. The van der Waals surface area contributed by atoms with Crippen LogP contribution < -0.4 is 5.32 Å². The van der Waals surface area contributed by atoms with Crippen LogP contribution in [-0.4, -0.2) is 51.9 Å². The number of amides is 2.